The first-order chi connectivity index (χ1) is 7.18. The maximum Gasteiger partial charge on any atom is 0.227 e. The van der Waals surface area contributed by atoms with Crippen LogP contribution in [0, 0.1) is 5.92 Å². The van der Waals surface area contributed by atoms with Gasteiger partial charge in [-0.25, -0.2) is 0 Å². The molecule has 4 heteroatoms. The van der Waals surface area contributed by atoms with Crippen molar-refractivity contribution in [2.75, 3.05) is 11.4 Å². The zero-order valence-electron chi connectivity index (χ0n) is 8.02. The van der Waals surface area contributed by atoms with Gasteiger partial charge < -0.3 is 4.90 Å². The van der Waals surface area contributed by atoms with Crippen molar-refractivity contribution < 1.29 is 9.59 Å². The van der Waals surface area contributed by atoms with E-state index in [4.69, 9.17) is 11.6 Å². The van der Waals surface area contributed by atoms with Crippen LogP contribution in [0.25, 0.3) is 0 Å². The van der Waals surface area contributed by atoms with Crippen LogP contribution in [0.3, 0.4) is 0 Å². The Morgan fingerprint density at radius 2 is 2.00 bits per heavy atom. The van der Waals surface area contributed by atoms with E-state index in [1.165, 1.54) is 0 Å². The zero-order chi connectivity index (χ0) is 10.8. The van der Waals surface area contributed by atoms with Gasteiger partial charge >= 0.3 is 0 Å². The molecule has 0 N–H and O–H groups in total. The Kier molecular flexibility index (Phi) is 2.73. The lowest BCUT2D eigenvalue weighted by Gasteiger charge is -2.15. The molecule has 0 unspecified atom stereocenters. The summed E-state index contributed by atoms with van der Waals surface area (Å²) in [7, 11) is 0. The summed E-state index contributed by atoms with van der Waals surface area (Å²) >= 11 is 5.38. The highest BCUT2D eigenvalue weighted by Crippen LogP contribution is 2.25. The number of benzene rings is 1. The van der Waals surface area contributed by atoms with E-state index in [2.05, 4.69) is 0 Å². The van der Waals surface area contributed by atoms with Crippen molar-refractivity contribution in [2.24, 2.45) is 5.92 Å². The molecule has 1 aromatic rings. The Hall–Kier alpha value is -1.35. The summed E-state index contributed by atoms with van der Waals surface area (Å²) in [6.07, 6.45) is 0.219. The number of nitrogens with zero attached hydrogens (tertiary/aromatic N) is 1. The average Bonchev–Trinajstić information content (AvgIpc) is 2.62. The maximum absolute atomic E-state index is 11.6. The molecule has 1 aliphatic heterocycles. The highest BCUT2D eigenvalue weighted by atomic mass is 35.5. The molecule has 2 rings (SSSR count). The van der Waals surface area contributed by atoms with E-state index in [1.54, 1.807) is 4.90 Å². The van der Waals surface area contributed by atoms with E-state index in [0.29, 0.717) is 6.54 Å². The monoisotopic (exact) mass is 223 g/mol. The maximum atomic E-state index is 11.6. The van der Waals surface area contributed by atoms with Crippen molar-refractivity contribution in [1.29, 1.82) is 0 Å². The summed E-state index contributed by atoms with van der Waals surface area (Å²) in [5.74, 6) is -0.403. The van der Waals surface area contributed by atoms with Crippen LogP contribution >= 0.6 is 11.6 Å². The van der Waals surface area contributed by atoms with Crippen LogP contribution in [-0.4, -0.2) is 17.7 Å². The summed E-state index contributed by atoms with van der Waals surface area (Å²) in [6, 6.07) is 9.29. The smallest absolute Gasteiger partial charge is 0.227 e. The minimum absolute atomic E-state index is 0.0415. The molecule has 0 bridgehead atoms. The van der Waals surface area contributed by atoms with Gasteiger partial charge in [-0.3, -0.25) is 9.59 Å². The average molecular weight is 224 g/mol. The van der Waals surface area contributed by atoms with Gasteiger partial charge in [0.25, 0.3) is 0 Å². The van der Waals surface area contributed by atoms with Gasteiger partial charge in [-0.2, -0.15) is 0 Å². The van der Waals surface area contributed by atoms with Crippen molar-refractivity contribution in [3.63, 3.8) is 0 Å². The summed E-state index contributed by atoms with van der Waals surface area (Å²) in [5.41, 5.74) is 0.822. The molecular formula is C11H10ClNO2. The number of para-hydroxylation sites is 1. The predicted molar refractivity (Wildman–Crippen MR) is 57.8 cm³/mol. The Bertz CT molecular complexity index is 391. The fraction of sp³-hybridized carbons (Fsp3) is 0.273. The molecule has 0 aliphatic carbocycles. The van der Waals surface area contributed by atoms with Gasteiger partial charge in [0.2, 0.25) is 11.1 Å². The summed E-state index contributed by atoms with van der Waals surface area (Å²) < 4.78 is 0. The molecule has 0 aromatic heterocycles. The number of carbonyl (C=O) groups excluding carboxylic acids is 2. The lowest BCUT2D eigenvalue weighted by Crippen LogP contribution is -2.24. The Labute approximate surface area is 92.6 Å². The standard InChI is InChI=1S/C11H10ClNO2/c12-11(15)8-6-10(14)13(7-8)9-4-2-1-3-5-9/h1-5,8H,6-7H2/t8-/m1/s1. The predicted octanol–water partition coefficient (Wildman–Crippen LogP) is 1.80. The highest BCUT2D eigenvalue weighted by Gasteiger charge is 2.33. The van der Waals surface area contributed by atoms with Gasteiger partial charge in [0.05, 0.1) is 5.92 Å². The molecule has 15 heavy (non-hydrogen) atoms. The van der Waals surface area contributed by atoms with E-state index >= 15 is 0 Å². The number of hydrogen-bond acceptors (Lipinski definition) is 2. The first kappa shape index (κ1) is 10.2. The van der Waals surface area contributed by atoms with E-state index < -0.39 is 5.24 Å². The molecule has 1 aromatic carbocycles. The molecule has 1 aliphatic rings. The van der Waals surface area contributed by atoms with Crippen molar-refractivity contribution in [3.8, 4) is 0 Å². The summed E-state index contributed by atoms with van der Waals surface area (Å²) in [4.78, 5) is 24.2. The van der Waals surface area contributed by atoms with Crippen molar-refractivity contribution in [1.82, 2.24) is 0 Å². The van der Waals surface area contributed by atoms with E-state index in [-0.39, 0.29) is 18.2 Å². The fourth-order valence-electron chi connectivity index (χ4n) is 1.72. The minimum Gasteiger partial charge on any atom is -0.312 e. The number of rotatable bonds is 2. The van der Waals surface area contributed by atoms with Crippen LogP contribution in [-0.2, 0) is 9.59 Å². The lowest BCUT2D eigenvalue weighted by atomic mass is 10.1. The van der Waals surface area contributed by atoms with Gasteiger partial charge in [-0.05, 0) is 23.7 Å². The first-order valence-corrected chi connectivity index (χ1v) is 5.11. The molecule has 3 nitrogen and oxygen atoms in total. The number of halogens is 1. The Morgan fingerprint density at radius 3 is 2.53 bits per heavy atom. The molecule has 0 radical (unpaired) electrons. The van der Waals surface area contributed by atoms with Crippen LogP contribution in [0.4, 0.5) is 5.69 Å². The van der Waals surface area contributed by atoms with Gasteiger partial charge in [0.15, 0.2) is 0 Å². The molecule has 1 saturated heterocycles. The first-order valence-electron chi connectivity index (χ1n) is 4.73. The topological polar surface area (TPSA) is 37.4 Å². The third-order valence-corrected chi connectivity index (χ3v) is 2.82. The number of amides is 1. The molecule has 1 fully saturated rings. The molecule has 1 atom stereocenters. The second kappa shape index (κ2) is 4.03. The van der Waals surface area contributed by atoms with Crippen LogP contribution in [0.5, 0.6) is 0 Å². The number of carbonyl (C=O) groups is 2. The zero-order valence-corrected chi connectivity index (χ0v) is 8.78. The Balaban J connectivity index is 2.19. The second-order valence-electron chi connectivity index (χ2n) is 3.55. The van der Waals surface area contributed by atoms with E-state index in [0.717, 1.165) is 5.69 Å². The van der Waals surface area contributed by atoms with Gasteiger partial charge in [0, 0.05) is 18.7 Å². The number of anilines is 1. The van der Waals surface area contributed by atoms with Gasteiger partial charge in [-0.1, -0.05) is 18.2 Å². The Morgan fingerprint density at radius 1 is 1.33 bits per heavy atom. The van der Waals surface area contributed by atoms with Crippen molar-refractivity contribution in [3.05, 3.63) is 30.3 Å². The van der Waals surface area contributed by atoms with Crippen LogP contribution in [0.1, 0.15) is 6.42 Å². The lowest BCUT2D eigenvalue weighted by molar-refractivity contribution is -0.120. The van der Waals surface area contributed by atoms with Crippen LogP contribution in [0.15, 0.2) is 30.3 Å². The van der Waals surface area contributed by atoms with Gasteiger partial charge in [-0.15, -0.1) is 0 Å². The third kappa shape index (κ3) is 2.02. The highest BCUT2D eigenvalue weighted by molar-refractivity contribution is 6.64. The summed E-state index contributed by atoms with van der Waals surface area (Å²) in [5, 5.41) is -0.429. The minimum atomic E-state index is -0.429. The summed E-state index contributed by atoms with van der Waals surface area (Å²) in [6.45, 7) is 0.394. The largest absolute Gasteiger partial charge is 0.312 e. The van der Waals surface area contributed by atoms with E-state index in [9.17, 15) is 9.59 Å². The molecule has 78 valence electrons. The number of hydrogen-bond donors (Lipinski definition) is 0. The third-order valence-electron chi connectivity index (χ3n) is 2.51. The SMILES string of the molecule is O=C(Cl)[C@@H]1CC(=O)N(c2ccccc2)C1. The molecule has 1 heterocycles. The molecule has 0 spiro atoms. The van der Waals surface area contributed by atoms with Crippen LogP contribution < -0.4 is 4.90 Å². The second-order valence-corrected chi connectivity index (χ2v) is 3.92. The van der Waals surface area contributed by atoms with Crippen LogP contribution in [0.2, 0.25) is 0 Å². The quantitative estimate of drug-likeness (QED) is 0.717. The molecule has 0 saturated carbocycles. The normalized spacial score (nSPS) is 20.7. The van der Waals surface area contributed by atoms with E-state index in [1.807, 2.05) is 30.3 Å². The van der Waals surface area contributed by atoms with Gasteiger partial charge in [0.1, 0.15) is 0 Å². The van der Waals surface area contributed by atoms with Crippen molar-refractivity contribution >= 4 is 28.4 Å². The molecule has 1 amide bonds. The van der Waals surface area contributed by atoms with Crippen molar-refractivity contribution in [2.45, 2.75) is 6.42 Å². The molecular weight excluding hydrogens is 214 g/mol. The fourth-order valence-corrected chi connectivity index (χ4v) is 1.86.